The van der Waals surface area contributed by atoms with Crippen molar-refractivity contribution in [2.45, 2.75) is 0 Å². The highest BCUT2D eigenvalue weighted by atomic mass is 32.1. The maximum absolute atomic E-state index is 4.13. The molecule has 0 saturated heterocycles. The highest BCUT2D eigenvalue weighted by molar-refractivity contribution is 7.25. The van der Waals surface area contributed by atoms with Crippen LogP contribution < -0.4 is 0 Å². The Bertz CT molecular complexity index is 1190. The van der Waals surface area contributed by atoms with E-state index in [4.69, 9.17) is 0 Å². The summed E-state index contributed by atoms with van der Waals surface area (Å²) < 4.78 is 4.60. The zero-order chi connectivity index (χ0) is 17.5. The minimum absolute atomic E-state index is 1.11. The van der Waals surface area contributed by atoms with Gasteiger partial charge in [-0.3, -0.25) is 4.58 Å². The molecule has 3 aromatic carbocycles. The highest BCUT2D eigenvalue weighted by Crippen LogP contribution is 2.36. The third-order valence-corrected chi connectivity index (χ3v) is 5.95. The fraction of sp³-hybridized carbons (Fsp3) is 0. The van der Waals surface area contributed by atoms with E-state index in [1.807, 2.05) is 28.2 Å². The van der Waals surface area contributed by atoms with E-state index in [1.54, 1.807) is 0 Å². The lowest BCUT2D eigenvalue weighted by atomic mass is 9.96. The Hall–Kier alpha value is -3.10. The van der Waals surface area contributed by atoms with Crippen LogP contribution in [-0.4, -0.2) is 11.3 Å². The van der Waals surface area contributed by atoms with Gasteiger partial charge in [-0.1, -0.05) is 59.5 Å². The minimum atomic E-state index is 1.11. The molecule has 1 aliphatic rings. The van der Waals surface area contributed by atoms with Gasteiger partial charge in [0.2, 0.25) is 0 Å². The van der Waals surface area contributed by atoms with Crippen molar-refractivity contribution in [2.24, 2.45) is 0 Å². The zero-order valence-electron chi connectivity index (χ0n) is 14.2. The van der Waals surface area contributed by atoms with Crippen molar-refractivity contribution < 1.29 is 4.58 Å². The first-order valence-electron chi connectivity index (χ1n) is 8.63. The van der Waals surface area contributed by atoms with Gasteiger partial charge in [-0.2, -0.15) is 0 Å². The number of fused-ring (bicyclic) bond motifs is 3. The fourth-order valence-electron chi connectivity index (χ4n) is 3.47. The van der Waals surface area contributed by atoms with E-state index in [9.17, 15) is 0 Å². The van der Waals surface area contributed by atoms with Crippen LogP contribution in [0.4, 0.5) is 0 Å². The quantitative estimate of drug-likeness (QED) is 0.228. The van der Waals surface area contributed by atoms with Crippen LogP contribution in [0.5, 0.6) is 0 Å². The topological polar surface area (TPSA) is 3.01 Å². The molecule has 0 N–H and O–H groups in total. The molecule has 2 heteroatoms. The summed E-state index contributed by atoms with van der Waals surface area (Å²) in [6, 6.07) is 26.9. The fourth-order valence-corrected chi connectivity index (χ4v) is 4.62. The van der Waals surface area contributed by atoms with Crippen molar-refractivity contribution in [3.05, 3.63) is 108 Å². The Labute approximate surface area is 156 Å². The van der Waals surface area contributed by atoms with Crippen molar-refractivity contribution in [2.75, 3.05) is 0 Å². The van der Waals surface area contributed by atoms with Gasteiger partial charge < -0.3 is 0 Å². The molecule has 0 atom stereocenters. The first-order valence-corrected chi connectivity index (χ1v) is 9.45. The summed E-state index contributed by atoms with van der Waals surface area (Å²) >= 11 is 1.86. The summed E-state index contributed by atoms with van der Waals surface area (Å²) in [5, 5.41) is 2.67. The first-order chi connectivity index (χ1) is 12.8. The molecule has 0 unspecified atom stereocenters. The second kappa shape index (κ2) is 6.01. The standard InChI is InChI=1S/C24H17NS/c1-25-14-13-19(15-22(25)17-7-3-2-4-8-17)18-11-12-21-20-9-5-6-10-23(20)26-24(21)16-18/h2-16H,1H2. The van der Waals surface area contributed by atoms with Gasteiger partial charge >= 0.3 is 0 Å². The van der Waals surface area contributed by atoms with Gasteiger partial charge in [-0.05, 0) is 23.1 Å². The summed E-state index contributed by atoms with van der Waals surface area (Å²) in [6.07, 6.45) is 6.39. The van der Waals surface area contributed by atoms with E-state index >= 15 is 0 Å². The molecule has 0 bridgehead atoms. The normalized spacial score (nSPS) is 14.2. The number of hydrogen-bond acceptors (Lipinski definition) is 0. The molecule has 0 radical (unpaired) electrons. The van der Waals surface area contributed by atoms with E-state index in [-0.39, 0.29) is 0 Å². The summed E-state index contributed by atoms with van der Waals surface area (Å²) in [5.74, 6) is 0. The molecular formula is C24H17NS. The maximum Gasteiger partial charge on any atom is 0.159 e. The molecule has 1 aromatic heterocycles. The molecule has 4 aromatic rings. The van der Waals surface area contributed by atoms with Gasteiger partial charge in [-0.15, -0.1) is 29.8 Å². The van der Waals surface area contributed by atoms with Gasteiger partial charge in [-0.25, -0.2) is 0 Å². The molecule has 0 spiro atoms. The van der Waals surface area contributed by atoms with E-state index in [2.05, 4.69) is 85.6 Å². The average molecular weight is 351 g/mol. The molecule has 26 heavy (non-hydrogen) atoms. The maximum atomic E-state index is 4.13. The molecule has 1 nitrogen and oxygen atoms in total. The largest absolute Gasteiger partial charge is 0.255 e. The second-order valence-electron chi connectivity index (χ2n) is 6.45. The lowest BCUT2D eigenvalue weighted by molar-refractivity contribution is -0.417. The van der Waals surface area contributed by atoms with E-state index in [1.165, 1.54) is 36.9 Å². The Balaban J connectivity index is 1.61. The SMILES string of the molecule is C=[N+]1C=CC(c2ccc3c4ccccc4[s+][c-]3c2)=C[C-]1c1ccccc1. The van der Waals surface area contributed by atoms with Crippen molar-refractivity contribution in [1.29, 1.82) is 0 Å². The van der Waals surface area contributed by atoms with Crippen LogP contribution in [0.15, 0.2) is 91.1 Å². The Morgan fingerprint density at radius 1 is 0.885 bits per heavy atom. The highest BCUT2D eigenvalue weighted by Gasteiger charge is 2.17. The van der Waals surface area contributed by atoms with Crippen molar-refractivity contribution in [3.8, 4) is 0 Å². The Morgan fingerprint density at radius 2 is 1.69 bits per heavy atom. The van der Waals surface area contributed by atoms with E-state index < -0.39 is 0 Å². The number of rotatable bonds is 2. The van der Waals surface area contributed by atoms with Crippen LogP contribution in [0.2, 0.25) is 0 Å². The van der Waals surface area contributed by atoms with Crippen LogP contribution in [0.25, 0.3) is 25.7 Å². The van der Waals surface area contributed by atoms with E-state index in [0.717, 1.165) is 6.04 Å². The molecule has 0 saturated carbocycles. The number of benzene rings is 3. The van der Waals surface area contributed by atoms with Gasteiger partial charge in [0, 0.05) is 0 Å². The molecular weight excluding hydrogens is 334 g/mol. The van der Waals surface area contributed by atoms with Crippen LogP contribution in [-0.2, 0) is 0 Å². The van der Waals surface area contributed by atoms with Gasteiger partial charge in [0.25, 0.3) is 0 Å². The van der Waals surface area contributed by atoms with Gasteiger partial charge in [0.15, 0.2) is 4.70 Å². The predicted octanol–water partition coefficient (Wildman–Crippen LogP) is 6.26. The predicted molar refractivity (Wildman–Crippen MR) is 113 cm³/mol. The molecule has 0 aliphatic carbocycles. The third kappa shape index (κ3) is 2.47. The molecule has 5 rings (SSSR count). The summed E-state index contributed by atoms with van der Waals surface area (Å²) in [4.78, 5) is 0. The number of hydrogen-bond donors (Lipinski definition) is 0. The van der Waals surface area contributed by atoms with Crippen molar-refractivity contribution in [3.63, 3.8) is 0 Å². The number of thiophene rings is 1. The van der Waals surface area contributed by atoms with Crippen LogP contribution in [0.3, 0.4) is 0 Å². The van der Waals surface area contributed by atoms with Gasteiger partial charge in [0.05, 0.1) is 6.72 Å². The van der Waals surface area contributed by atoms with Crippen LogP contribution in [0.1, 0.15) is 11.1 Å². The van der Waals surface area contributed by atoms with Crippen LogP contribution in [0, 0.1) is 6.04 Å². The number of allylic oxidation sites excluding steroid dienone is 2. The third-order valence-electron chi connectivity index (χ3n) is 4.82. The van der Waals surface area contributed by atoms with E-state index in [0.29, 0.717) is 0 Å². The monoisotopic (exact) mass is 351 g/mol. The molecule has 124 valence electrons. The van der Waals surface area contributed by atoms with Crippen molar-refractivity contribution >= 4 is 43.8 Å². The Morgan fingerprint density at radius 3 is 2.58 bits per heavy atom. The van der Waals surface area contributed by atoms with Crippen LogP contribution >= 0.6 is 11.3 Å². The number of nitrogens with zero attached hydrogens (tertiary/aromatic N) is 1. The first kappa shape index (κ1) is 15.2. The summed E-state index contributed by atoms with van der Waals surface area (Å²) in [6.45, 7) is 4.13. The lowest BCUT2D eigenvalue weighted by Gasteiger charge is -2.21. The van der Waals surface area contributed by atoms with Crippen molar-refractivity contribution in [1.82, 2.24) is 0 Å². The average Bonchev–Trinajstić information content (AvgIpc) is 3.07. The zero-order valence-corrected chi connectivity index (χ0v) is 15.0. The summed E-state index contributed by atoms with van der Waals surface area (Å²) in [5.41, 5.74) is 3.62. The lowest BCUT2D eigenvalue weighted by Crippen LogP contribution is -2.14. The summed E-state index contributed by atoms with van der Waals surface area (Å²) in [7, 11) is 0. The smallest absolute Gasteiger partial charge is 0.159 e. The van der Waals surface area contributed by atoms with Gasteiger partial charge in [0.1, 0.15) is 28.3 Å². The minimum Gasteiger partial charge on any atom is -0.255 e. The molecule has 1 aliphatic heterocycles. The Kier molecular flexibility index (Phi) is 3.51. The second-order valence-corrected chi connectivity index (χ2v) is 7.53. The molecule has 0 fully saturated rings. The molecule has 2 heterocycles. The molecule has 0 amide bonds.